The van der Waals surface area contributed by atoms with Crippen LogP contribution < -0.4 is 0 Å². The Morgan fingerprint density at radius 2 is 2.25 bits per heavy atom. The second-order valence-corrected chi connectivity index (χ2v) is 2.08. The molecule has 8 heavy (non-hydrogen) atoms. The van der Waals surface area contributed by atoms with Crippen molar-refractivity contribution >= 4 is 0 Å². The summed E-state index contributed by atoms with van der Waals surface area (Å²) in [7, 11) is 0. The second kappa shape index (κ2) is 1.99. The first kappa shape index (κ1) is 5.36. The molecule has 0 atom stereocenters. The van der Waals surface area contributed by atoms with Gasteiger partial charge >= 0.3 is 0 Å². The Morgan fingerprint density at radius 3 is 2.50 bits per heavy atom. The van der Waals surface area contributed by atoms with E-state index in [1.165, 1.54) is 11.1 Å². The van der Waals surface area contributed by atoms with Gasteiger partial charge in [0.1, 0.15) is 0 Å². The molecule has 0 amide bonds. The normalized spacial score (nSPS) is 15.5. The van der Waals surface area contributed by atoms with Gasteiger partial charge in [0.15, 0.2) is 0 Å². The highest BCUT2D eigenvalue weighted by Crippen LogP contribution is 2.10. The minimum Gasteiger partial charge on any atom is -0.0686 e. The highest BCUT2D eigenvalue weighted by molar-refractivity contribution is 5.37. The molecule has 0 N–H and O–H groups in total. The van der Waals surface area contributed by atoms with Gasteiger partial charge in [0, 0.05) is 0 Å². The maximum Gasteiger partial charge on any atom is -0.0106 e. The van der Waals surface area contributed by atoms with E-state index in [0.717, 1.165) is 0 Å². The highest BCUT2D eigenvalue weighted by Gasteiger charge is 1.91. The fourth-order valence-corrected chi connectivity index (χ4v) is 0.641. The van der Waals surface area contributed by atoms with Gasteiger partial charge in [-0.05, 0) is 25.5 Å². The van der Waals surface area contributed by atoms with Crippen molar-refractivity contribution in [3.8, 4) is 0 Å². The Kier molecular flexibility index (Phi) is 1.34. The Balaban J connectivity index is 2.90. The molecule has 1 aliphatic rings. The van der Waals surface area contributed by atoms with Crippen molar-refractivity contribution in [1.82, 2.24) is 0 Å². The summed E-state index contributed by atoms with van der Waals surface area (Å²) in [6.07, 6.45) is 9.10. The summed E-state index contributed by atoms with van der Waals surface area (Å²) in [5, 5.41) is 0. The molecule has 0 aromatic carbocycles. The van der Waals surface area contributed by atoms with E-state index < -0.39 is 0 Å². The summed E-state index contributed by atoms with van der Waals surface area (Å²) >= 11 is 0. The molecule has 1 rings (SSSR count). The molecule has 1 aliphatic carbocycles. The summed E-state index contributed by atoms with van der Waals surface area (Å²) in [6, 6.07) is 0. The molecule has 0 fully saturated rings. The van der Waals surface area contributed by atoms with Crippen LogP contribution in [0.15, 0.2) is 29.4 Å². The van der Waals surface area contributed by atoms with Crippen LogP contribution in [0.3, 0.4) is 0 Å². The highest BCUT2D eigenvalue weighted by atomic mass is 14.0. The molecule has 0 heteroatoms. The van der Waals surface area contributed by atoms with Gasteiger partial charge in [-0.15, -0.1) is 0 Å². The van der Waals surface area contributed by atoms with Gasteiger partial charge in [0.2, 0.25) is 0 Å². The fourth-order valence-electron chi connectivity index (χ4n) is 0.641. The van der Waals surface area contributed by atoms with Crippen LogP contribution in [-0.2, 0) is 0 Å². The average Bonchev–Trinajstić information content (AvgIpc) is 2.12. The molecule has 0 aliphatic heterocycles. The predicted octanol–water partition coefficient (Wildman–Crippen LogP) is 2.25. The van der Waals surface area contributed by atoms with E-state index in [1.54, 1.807) is 0 Å². The van der Waals surface area contributed by atoms with Gasteiger partial charge in [-0.1, -0.05) is 23.8 Å². The molecule has 0 saturated heterocycles. The van der Waals surface area contributed by atoms with Gasteiger partial charge < -0.3 is 0 Å². The van der Waals surface area contributed by atoms with Crippen LogP contribution in [0, 0.1) is 6.08 Å². The minimum atomic E-state index is 1.23. The molecule has 0 saturated carbocycles. The topological polar surface area (TPSA) is 0 Å². The van der Waals surface area contributed by atoms with Crippen molar-refractivity contribution in [2.75, 3.05) is 0 Å². The van der Waals surface area contributed by atoms with Crippen LogP contribution in [0.2, 0.25) is 0 Å². The molecular formula is C8H9. The number of hydrogen-bond donors (Lipinski definition) is 0. The lowest BCUT2D eigenvalue weighted by atomic mass is 10.2. The standard InChI is InChI=1S/C8H9/c1-7(2)8-5-3-4-6-8/h3-5H,1-2H3. The maximum absolute atomic E-state index is 3.10. The maximum atomic E-state index is 3.10. The molecule has 0 heterocycles. The lowest BCUT2D eigenvalue weighted by molar-refractivity contribution is 1.34. The summed E-state index contributed by atoms with van der Waals surface area (Å²) in [4.78, 5) is 0. The monoisotopic (exact) mass is 105 g/mol. The lowest BCUT2D eigenvalue weighted by Gasteiger charge is -1.89. The first-order valence-corrected chi connectivity index (χ1v) is 2.74. The van der Waals surface area contributed by atoms with E-state index in [-0.39, 0.29) is 0 Å². The van der Waals surface area contributed by atoms with Crippen LogP contribution in [0.25, 0.3) is 0 Å². The molecule has 0 spiro atoms. The number of hydrogen-bond acceptors (Lipinski definition) is 0. The fraction of sp³-hybridized carbons (Fsp3) is 0.250. The second-order valence-electron chi connectivity index (χ2n) is 2.08. The molecule has 0 aromatic rings. The summed E-state index contributed by atoms with van der Waals surface area (Å²) in [5.41, 5.74) is 2.56. The van der Waals surface area contributed by atoms with Crippen LogP contribution >= 0.6 is 0 Å². The van der Waals surface area contributed by atoms with Crippen molar-refractivity contribution in [2.24, 2.45) is 0 Å². The zero-order valence-corrected chi connectivity index (χ0v) is 5.23. The van der Waals surface area contributed by atoms with Gasteiger partial charge in [0.05, 0.1) is 0 Å². The third kappa shape index (κ3) is 0.890. The Hall–Kier alpha value is -0.780. The third-order valence-corrected chi connectivity index (χ3v) is 1.14. The van der Waals surface area contributed by atoms with Gasteiger partial charge in [0.25, 0.3) is 0 Å². The Bertz CT molecular complexity index is 150. The van der Waals surface area contributed by atoms with E-state index in [2.05, 4.69) is 26.0 Å². The minimum absolute atomic E-state index is 1.23. The number of allylic oxidation sites excluding steroid dienone is 6. The SMILES string of the molecule is CC(C)=C1[C]=CC=C1. The molecule has 1 radical (unpaired) electrons. The smallest absolute Gasteiger partial charge is 0.0106 e. The van der Waals surface area contributed by atoms with Crippen LogP contribution in [0.1, 0.15) is 13.8 Å². The van der Waals surface area contributed by atoms with Crippen molar-refractivity contribution in [3.05, 3.63) is 35.5 Å². The van der Waals surface area contributed by atoms with E-state index in [9.17, 15) is 0 Å². The predicted molar refractivity (Wildman–Crippen MR) is 35.3 cm³/mol. The van der Waals surface area contributed by atoms with E-state index in [0.29, 0.717) is 0 Å². The van der Waals surface area contributed by atoms with Gasteiger partial charge in [-0.2, -0.15) is 0 Å². The zero-order chi connectivity index (χ0) is 5.98. The third-order valence-electron chi connectivity index (χ3n) is 1.14. The molecular weight excluding hydrogens is 96.1 g/mol. The summed E-state index contributed by atoms with van der Waals surface area (Å²) in [5.74, 6) is 0. The van der Waals surface area contributed by atoms with Gasteiger partial charge in [-0.3, -0.25) is 0 Å². The van der Waals surface area contributed by atoms with Crippen LogP contribution in [0.5, 0.6) is 0 Å². The molecule has 0 nitrogen and oxygen atoms in total. The van der Waals surface area contributed by atoms with E-state index in [1.807, 2.05) is 12.2 Å². The summed E-state index contributed by atoms with van der Waals surface area (Å²) < 4.78 is 0. The van der Waals surface area contributed by atoms with Crippen molar-refractivity contribution < 1.29 is 0 Å². The molecule has 0 bridgehead atoms. The van der Waals surface area contributed by atoms with Crippen molar-refractivity contribution in [2.45, 2.75) is 13.8 Å². The first-order valence-electron chi connectivity index (χ1n) is 2.74. The largest absolute Gasteiger partial charge is 0.0686 e. The van der Waals surface area contributed by atoms with E-state index in [4.69, 9.17) is 0 Å². The van der Waals surface area contributed by atoms with Crippen LogP contribution in [-0.4, -0.2) is 0 Å². The van der Waals surface area contributed by atoms with E-state index >= 15 is 0 Å². The molecule has 41 valence electrons. The Morgan fingerprint density at radius 1 is 1.50 bits per heavy atom. The lowest BCUT2D eigenvalue weighted by Crippen LogP contribution is -1.70. The molecule has 0 aromatic heterocycles. The average molecular weight is 105 g/mol. The zero-order valence-electron chi connectivity index (χ0n) is 5.23. The number of rotatable bonds is 0. The molecule has 0 unspecified atom stereocenters. The summed E-state index contributed by atoms with van der Waals surface area (Å²) in [6.45, 7) is 4.18. The van der Waals surface area contributed by atoms with Crippen molar-refractivity contribution in [3.63, 3.8) is 0 Å². The quantitative estimate of drug-likeness (QED) is 0.443. The van der Waals surface area contributed by atoms with Crippen molar-refractivity contribution in [1.29, 1.82) is 0 Å². The van der Waals surface area contributed by atoms with Gasteiger partial charge in [-0.25, -0.2) is 0 Å². The Labute approximate surface area is 50.2 Å². The first-order chi connectivity index (χ1) is 3.80. The van der Waals surface area contributed by atoms with Crippen LogP contribution in [0.4, 0.5) is 0 Å².